The van der Waals surface area contributed by atoms with Crippen molar-refractivity contribution in [3.8, 4) is 0 Å². The van der Waals surface area contributed by atoms with Crippen molar-refractivity contribution in [1.29, 1.82) is 0 Å². The molecule has 0 rings (SSSR count). The van der Waals surface area contributed by atoms with E-state index in [2.05, 4.69) is 0 Å². The Morgan fingerprint density at radius 1 is 1.58 bits per heavy atom. The first-order valence-corrected chi connectivity index (χ1v) is 3.70. The highest BCUT2D eigenvalue weighted by Crippen LogP contribution is 2.12. The van der Waals surface area contributed by atoms with Gasteiger partial charge in [-0.3, -0.25) is 0 Å². The lowest BCUT2D eigenvalue weighted by Crippen LogP contribution is -2.15. The Morgan fingerprint density at radius 2 is 2.08 bits per heavy atom. The summed E-state index contributed by atoms with van der Waals surface area (Å²) in [6, 6.07) is 0. The number of aliphatic carboxylic acids is 1. The number of aliphatic hydroxyl groups excluding tert-OH is 1. The molecular formula is C8H14O4. The molecule has 0 fully saturated rings. The summed E-state index contributed by atoms with van der Waals surface area (Å²) in [4.78, 5) is 10.5. The number of ether oxygens (including phenoxy) is 1. The van der Waals surface area contributed by atoms with E-state index < -0.39 is 12.1 Å². The third-order valence-corrected chi connectivity index (χ3v) is 1.60. The molecule has 0 spiro atoms. The zero-order valence-corrected chi connectivity index (χ0v) is 7.50. The smallest absolute Gasteiger partial charge is 0.334 e. The Kier molecular flexibility index (Phi) is 4.36. The maximum Gasteiger partial charge on any atom is 0.334 e. The van der Waals surface area contributed by atoms with Crippen molar-refractivity contribution in [3.05, 3.63) is 11.3 Å². The molecule has 0 bridgehead atoms. The molecule has 0 aliphatic heterocycles. The molecule has 0 aromatic rings. The molecule has 1 unspecified atom stereocenters. The van der Waals surface area contributed by atoms with Gasteiger partial charge in [-0.2, -0.15) is 0 Å². The number of carboxylic acids is 1. The molecule has 0 aliphatic rings. The summed E-state index contributed by atoms with van der Waals surface area (Å²) in [7, 11) is 1.35. The zero-order chi connectivity index (χ0) is 9.72. The SMILES string of the molecule is CCC(O)C(OC)=C(C)C(=O)O. The van der Waals surface area contributed by atoms with Gasteiger partial charge in [0.05, 0.1) is 12.7 Å². The van der Waals surface area contributed by atoms with Crippen LogP contribution in [0, 0.1) is 0 Å². The molecule has 0 aromatic heterocycles. The van der Waals surface area contributed by atoms with E-state index in [1.54, 1.807) is 6.92 Å². The molecule has 2 N–H and O–H groups in total. The maximum absolute atomic E-state index is 10.5. The number of hydrogen-bond donors (Lipinski definition) is 2. The number of carbonyl (C=O) groups is 1. The Bertz CT molecular complexity index is 195. The van der Waals surface area contributed by atoms with Crippen LogP contribution in [0.4, 0.5) is 0 Å². The van der Waals surface area contributed by atoms with Crippen molar-refractivity contribution in [2.75, 3.05) is 7.11 Å². The number of carboxylic acid groups (broad SMARTS) is 1. The predicted molar refractivity (Wildman–Crippen MR) is 43.6 cm³/mol. The molecule has 0 saturated heterocycles. The summed E-state index contributed by atoms with van der Waals surface area (Å²) in [5.74, 6) is -0.940. The number of hydrogen-bond acceptors (Lipinski definition) is 3. The van der Waals surface area contributed by atoms with Crippen LogP contribution in [0.3, 0.4) is 0 Å². The summed E-state index contributed by atoms with van der Waals surface area (Å²) >= 11 is 0. The van der Waals surface area contributed by atoms with Crippen molar-refractivity contribution in [2.45, 2.75) is 26.4 Å². The zero-order valence-electron chi connectivity index (χ0n) is 7.50. The van der Waals surface area contributed by atoms with Gasteiger partial charge in [-0.15, -0.1) is 0 Å². The summed E-state index contributed by atoms with van der Waals surface area (Å²) < 4.78 is 4.77. The quantitative estimate of drug-likeness (QED) is 0.488. The first kappa shape index (κ1) is 11.0. The molecule has 4 heteroatoms. The molecule has 0 radical (unpaired) electrons. The average Bonchev–Trinajstić information content (AvgIpc) is 2.05. The first-order valence-electron chi connectivity index (χ1n) is 3.70. The third kappa shape index (κ3) is 2.54. The van der Waals surface area contributed by atoms with Gasteiger partial charge in [-0.25, -0.2) is 4.79 Å². The van der Waals surface area contributed by atoms with Crippen LogP contribution in [0.5, 0.6) is 0 Å². The van der Waals surface area contributed by atoms with Crippen molar-refractivity contribution in [3.63, 3.8) is 0 Å². The highest BCUT2D eigenvalue weighted by atomic mass is 16.5. The minimum absolute atomic E-state index is 0.0480. The minimum Gasteiger partial charge on any atom is -0.498 e. The molecule has 0 aromatic carbocycles. The normalized spacial score (nSPS) is 15.0. The Balaban J connectivity index is 4.72. The second kappa shape index (κ2) is 4.77. The van der Waals surface area contributed by atoms with Gasteiger partial charge in [0, 0.05) is 0 Å². The van der Waals surface area contributed by atoms with E-state index in [0.29, 0.717) is 6.42 Å². The fraction of sp³-hybridized carbons (Fsp3) is 0.625. The maximum atomic E-state index is 10.5. The Morgan fingerprint density at radius 3 is 2.33 bits per heavy atom. The van der Waals surface area contributed by atoms with Crippen molar-refractivity contribution >= 4 is 5.97 Å². The second-order valence-electron chi connectivity index (χ2n) is 2.42. The van der Waals surface area contributed by atoms with Gasteiger partial charge < -0.3 is 14.9 Å². The highest BCUT2D eigenvalue weighted by Gasteiger charge is 2.16. The number of methoxy groups -OCH3 is 1. The summed E-state index contributed by atoms with van der Waals surface area (Å²) in [6.07, 6.45) is -0.389. The van der Waals surface area contributed by atoms with Gasteiger partial charge in [0.15, 0.2) is 0 Å². The number of rotatable bonds is 4. The van der Waals surface area contributed by atoms with Gasteiger partial charge in [0.1, 0.15) is 11.9 Å². The van der Waals surface area contributed by atoms with Crippen molar-refractivity contribution in [2.24, 2.45) is 0 Å². The monoisotopic (exact) mass is 174 g/mol. The lowest BCUT2D eigenvalue weighted by atomic mass is 10.1. The fourth-order valence-corrected chi connectivity index (χ4v) is 0.830. The largest absolute Gasteiger partial charge is 0.498 e. The minimum atomic E-state index is -1.07. The van der Waals surface area contributed by atoms with Gasteiger partial charge in [0.2, 0.25) is 0 Å². The first-order chi connectivity index (χ1) is 5.54. The van der Waals surface area contributed by atoms with Crippen LogP contribution >= 0.6 is 0 Å². The van der Waals surface area contributed by atoms with E-state index in [1.807, 2.05) is 0 Å². The fourth-order valence-electron chi connectivity index (χ4n) is 0.830. The van der Waals surface area contributed by atoms with Gasteiger partial charge in [-0.1, -0.05) is 6.92 Å². The van der Waals surface area contributed by atoms with Gasteiger partial charge in [-0.05, 0) is 13.3 Å². The van der Waals surface area contributed by atoms with E-state index in [4.69, 9.17) is 9.84 Å². The summed E-state index contributed by atoms with van der Waals surface area (Å²) in [6.45, 7) is 3.15. The van der Waals surface area contributed by atoms with Crippen LogP contribution in [0.15, 0.2) is 11.3 Å². The molecule has 4 nitrogen and oxygen atoms in total. The van der Waals surface area contributed by atoms with E-state index >= 15 is 0 Å². The molecule has 0 amide bonds. The van der Waals surface area contributed by atoms with Gasteiger partial charge >= 0.3 is 5.97 Å². The molecule has 0 heterocycles. The molecule has 0 aliphatic carbocycles. The predicted octanol–water partition coefficient (Wildman–Crippen LogP) is 0.762. The van der Waals surface area contributed by atoms with Crippen LogP contribution < -0.4 is 0 Å². The molecule has 70 valence electrons. The molecular weight excluding hydrogens is 160 g/mol. The van der Waals surface area contributed by atoms with Crippen LogP contribution in [-0.2, 0) is 9.53 Å². The van der Waals surface area contributed by atoms with E-state index in [9.17, 15) is 9.90 Å². The van der Waals surface area contributed by atoms with Crippen molar-refractivity contribution in [1.82, 2.24) is 0 Å². The van der Waals surface area contributed by atoms with Crippen LogP contribution in [0.2, 0.25) is 0 Å². The topological polar surface area (TPSA) is 66.8 Å². The van der Waals surface area contributed by atoms with Gasteiger partial charge in [0.25, 0.3) is 0 Å². The Labute approximate surface area is 71.5 Å². The van der Waals surface area contributed by atoms with Crippen LogP contribution in [-0.4, -0.2) is 29.4 Å². The van der Waals surface area contributed by atoms with E-state index in [-0.39, 0.29) is 11.3 Å². The second-order valence-corrected chi connectivity index (χ2v) is 2.42. The standard InChI is InChI=1S/C8H14O4/c1-4-6(9)7(12-3)5(2)8(10)11/h6,9H,4H2,1-3H3,(H,10,11). The lowest BCUT2D eigenvalue weighted by molar-refractivity contribution is -0.133. The van der Waals surface area contributed by atoms with Crippen molar-refractivity contribution < 1.29 is 19.7 Å². The highest BCUT2D eigenvalue weighted by molar-refractivity contribution is 5.86. The lowest BCUT2D eigenvalue weighted by Gasteiger charge is -2.13. The number of aliphatic hydroxyl groups is 1. The van der Waals surface area contributed by atoms with E-state index in [0.717, 1.165) is 0 Å². The van der Waals surface area contributed by atoms with Crippen LogP contribution in [0.25, 0.3) is 0 Å². The summed E-state index contributed by atoms with van der Waals surface area (Å²) in [5, 5.41) is 17.9. The molecule has 0 saturated carbocycles. The molecule has 12 heavy (non-hydrogen) atoms. The summed E-state index contributed by atoms with van der Waals surface area (Å²) in [5.41, 5.74) is 0.0480. The third-order valence-electron chi connectivity index (χ3n) is 1.60. The Hall–Kier alpha value is -1.03. The average molecular weight is 174 g/mol. The van der Waals surface area contributed by atoms with E-state index in [1.165, 1.54) is 14.0 Å². The van der Waals surface area contributed by atoms with Crippen LogP contribution in [0.1, 0.15) is 20.3 Å². The molecule has 1 atom stereocenters.